The Hall–Kier alpha value is -1.71. The van der Waals surface area contributed by atoms with Crippen LogP contribution in [0.4, 0.5) is 5.95 Å². The number of imidazole rings is 1. The number of rotatable bonds is 6. The molecule has 9 N–H and O–H groups in total. The summed E-state index contributed by atoms with van der Waals surface area (Å²) in [6.45, 7) is -0.790. The molecule has 16 nitrogen and oxygen atoms in total. The lowest BCUT2D eigenvalue weighted by molar-refractivity contribution is -0.0428. The van der Waals surface area contributed by atoms with Crippen LogP contribution in [0.2, 0.25) is 0 Å². The van der Waals surface area contributed by atoms with Crippen molar-refractivity contribution in [2.75, 3.05) is 12.3 Å². The van der Waals surface area contributed by atoms with Crippen molar-refractivity contribution < 1.29 is 42.5 Å². The Bertz CT molecular complexity index is 1030. The van der Waals surface area contributed by atoms with Gasteiger partial charge in [-0.1, -0.05) is 0 Å². The predicted molar refractivity (Wildman–Crippen MR) is 89.4 cm³/mol. The van der Waals surface area contributed by atoms with E-state index in [0.29, 0.717) is 0 Å². The number of aromatic amines is 1. The van der Waals surface area contributed by atoms with E-state index >= 15 is 0 Å². The Balaban J connectivity index is 1.79. The van der Waals surface area contributed by atoms with Crippen LogP contribution < -0.4 is 17.0 Å². The zero-order valence-corrected chi connectivity index (χ0v) is 15.5. The number of H-pyrrole nitrogens is 1. The van der Waals surface area contributed by atoms with Crippen LogP contribution in [0.15, 0.2) is 11.1 Å². The second-order valence-electron chi connectivity index (χ2n) is 5.74. The Morgan fingerprint density at radius 3 is 2.68 bits per heavy atom. The fourth-order valence-electron chi connectivity index (χ4n) is 2.61. The molecule has 156 valence electrons. The molecule has 3 heterocycles. The SMILES string of the molecule is Nc1nc2c(ncn2[C@@H]2O[C@H](COP(=O)(O)OP(=O)(O)O)[C@@H](O)[C@H]2N)c(=O)[nH]1. The lowest BCUT2D eigenvalue weighted by atomic mass is 10.1. The lowest BCUT2D eigenvalue weighted by Crippen LogP contribution is -2.40. The molecule has 0 spiro atoms. The van der Waals surface area contributed by atoms with E-state index in [2.05, 4.69) is 23.8 Å². The number of nitrogens with one attached hydrogen (secondary N) is 1. The minimum Gasteiger partial charge on any atom is -0.389 e. The van der Waals surface area contributed by atoms with Gasteiger partial charge in [0.2, 0.25) is 5.95 Å². The number of hydrogen-bond donors (Lipinski definition) is 7. The largest absolute Gasteiger partial charge is 0.481 e. The quantitative estimate of drug-likeness (QED) is 0.228. The molecule has 0 aromatic carbocycles. The molecular formula is C10H16N6O10P2. The van der Waals surface area contributed by atoms with Gasteiger partial charge in [-0.2, -0.15) is 9.29 Å². The molecule has 1 unspecified atom stereocenters. The van der Waals surface area contributed by atoms with Gasteiger partial charge in [0, 0.05) is 0 Å². The Morgan fingerprint density at radius 1 is 1.36 bits per heavy atom. The Morgan fingerprint density at radius 2 is 2.04 bits per heavy atom. The van der Waals surface area contributed by atoms with Gasteiger partial charge in [0.15, 0.2) is 17.4 Å². The summed E-state index contributed by atoms with van der Waals surface area (Å²) in [7, 11) is -10.4. The normalized spacial score (nSPS) is 27.9. The van der Waals surface area contributed by atoms with Crippen molar-refractivity contribution in [1.29, 1.82) is 0 Å². The van der Waals surface area contributed by atoms with E-state index in [1.165, 1.54) is 10.9 Å². The number of aliphatic hydroxyl groups is 1. The highest BCUT2D eigenvalue weighted by Crippen LogP contribution is 2.57. The second-order valence-corrected chi connectivity index (χ2v) is 8.57. The van der Waals surface area contributed by atoms with E-state index in [9.17, 15) is 23.9 Å². The molecule has 1 fully saturated rings. The van der Waals surface area contributed by atoms with Crippen LogP contribution in [-0.4, -0.2) is 64.2 Å². The molecule has 3 rings (SSSR count). The summed E-state index contributed by atoms with van der Waals surface area (Å²) in [4.78, 5) is 48.3. The highest BCUT2D eigenvalue weighted by molar-refractivity contribution is 7.60. The minimum atomic E-state index is -5.30. The fraction of sp³-hybridized carbons (Fsp3) is 0.500. The summed E-state index contributed by atoms with van der Waals surface area (Å²) >= 11 is 0. The summed E-state index contributed by atoms with van der Waals surface area (Å²) in [5, 5.41) is 10.2. The first kappa shape index (κ1) is 21.0. The summed E-state index contributed by atoms with van der Waals surface area (Å²) in [6, 6.07) is -1.10. The summed E-state index contributed by atoms with van der Waals surface area (Å²) in [6.07, 6.45) is -2.63. The van der Waals surface area contributed by atoms with Gasteiger partial charge < -0.3 is 36.0 Å². The van der Waals surface area contributed by atoms with E-state index in [0.717, 1.165) is 0 Å². The molecule has 28 heavy (non-hydrogen) atoms. The minimum absolute atomic E-state index is 0.0214. The highest BCUT2D eigenvalue weighted by atomic mass is 31.3. The van der Waals surface area contributed by atoms with Gasteiger partial charge in [0.1, 0.15) is 12.2 Å². The number of aliphatic hydroxyl groups excluding tert-OH is 1. The second kappa shape index (κ2) is 7.27. The molecule has 0 amide bonds. The highest BCUT2D eigenvalue weighted by Gasteiger charge is 2.45. The van der Waals surface area contributed by atoms with Crippen LogP contribution in [-0.2, 0) is 22.7 Å². The zero-order valence-electron chi connectivity index (χ0n) is 13.7. The molecule has 1 aliphatic rings. The number of hydrogen-bond acceptors (Lipinski definition) is 11. The first-order valence-electron chi connectivity index (χ1n) is 7.43. The van der Waals surface area contributed by atoms with Crippen molar-refractivity contribution >= 4 is 32.8 Å². The number of nitrogens with zero attached hydrogens (tertiary/aromatic N) is 3. The molecule has 2 aromatic heterocycles. The Labute approximate surface area is 154 Å². The molecule has 1 aliphatic heterocycles. The average molecular weight is 442 g/mol. The first-order chi connectivity index (χ1) is 12.9. The van der Waals surface area contributed by atoms with Crippen molar-refractivity contribution in [3.8, 4) is 0 Å². The van der Waals surface area contributed by atoms with Crippen molar-refractivity contribution in [3.63, 3.8) is 0 Å². The van der Waals surface area contributed by atoms with Crippen LogP contribution in [0.5, 0.6) is 0 Å². The van der Waals surface area contributed by atoms with E-state index in [1.54, 1.807) is 0 Å². The smallest absolute Gasteiger partial charge is 0.389 e. The van der Waals surface area contributed by atoms with Crippen LogP contribution in [0.1, 0.15) is 6.23 Å². The van der Waals surface area contributed by atoms with Crippen LogP contribution >= 0.6 is 15.6 Å². The van der Waals surface area contributed by atoms with Crippen molar-refractivity contribution in [3.05, 3.63) is 16.7 Å². The number of anilines is 1. The third-order valence-electron chi connectivity index (χ3n) is 3.76. The van der Waals surface area contributed by atoms with E-state index in [-0.39, 0.29) is 17.1 Å². The number of ether oxygens (including phenoxy) is 1. The standard InChI is InChI=1S/C10H16N6O10P2/c11-4-6(17)3(1-24-28(22,23)26-27(19,20)21)25-9(4)16-2-13-5-7(16)14-10(12)15-8(5)18/h2-4,6,9,17H,1,11H2,(H,22,23)(H2,19,20,21)(H3,12,14,15,18)/t3-,4-,6-,9-/m1/s1. The number of fused-ring (bicyclic) bond motifs is 1. The molecule has 18 heteroatoms. The van der Waals surface area contributed by atoms with Gasteiger partial charge in [0.25, 0.3) is 5.56 Å². The monoisotopic (exact) mass is 442 g/mol. The van der Waals surface area contributed by atoms with Crippen molar-refractivity contribution in [1.82, 2.24) is 19.5 Å². The molecule has 0 aliphatic carbocycles. The number of aromatic nitrogens is 4. The average Bonchev–Trinajstić information content (AvgIpc) is 3.06. The maximum Gasteiger partial charge on any atom is 0.481 e. The van der Waals surface area contributed by atoms with Gasteiger partial charge >= 0.3 is 15.6 Å². The molecule has 1 saturated heterocycles. The third kappa shape index (κ3) is 4.31. The lowest BCUT2D eigenvalue weighted by Gasteiger charge is -2.17. The Kier molecular flexibility index (Phi) is 5.46. The number of nitrogens with two attached hydrogens (primary N) is 2. The van der Waals surface area contributed by atoms with E-state index < -0.39 is 52.3 Å². The van der Waals surface area contributed by atoms with E-state index in [4.69, 9.17) is 26.0 Å². The molecule has 0 bridgehead atoms. The van der Waals surface area contributed by atoms with Gasteiger partial charge in [-0.15, -0.1) is 0 Å². The molecular weight excluding hydrogens is 426 g/mol. The van der Waals surface area contributed by atoms with Crippen LogP contribution in [0, 0.1) is 0 Å². The molecule has 0 radical (unpaired) electrons. The summed E-state index contributed by atoms with van der Waals surface area (Å²) in [5.41, 5.74) is 10.8. The van der Waals surface area contributed by atoms with Gasteiger partial charge in [0.05, 0.1) is 19.0 Å². The van der Waals surface area contributed by atoms with Crippen molar-refractivity contribution in [2.24, 2.45) is 5.73 Å². The topological polar surface area (TPSA) is 258 Å². The third-order valence-corrected chi connectivity index (χ3v) is 5.91. The fourth-order valence-corrected chi connectivity index (χ4v) is 4.21. The number of phosphoric acid groups is 2. The van der Waals surface area contributed by atoms with Gasteiger partial charge in [-0.3, -0.25) is 18.9 Å². The van der Waals surface area contributed by atoms with E-state index in [1.807, 2.05) is 0 Å². The summed E-state index contributed by atoms with van der Waals surface area (Å²) in [5.74, 6) is -0.193. The first-order valence-corrected chi connectivity index (χ1v) is 10.5. The molecule has 2 aromatic rings. The van der Waals surface area contributed by atoms with Crippen molar-refractivity contribution in [2.45, 2.75) is 24.5 Å². The van der Waals surface area contributed by atoms with Gasteiger partial charge in [-0.05, 0) is 0 Å². The number of nitrogen functional groups attached to an aromatic ring is 1. The maximum atomic E-state index is 11.8. The van der Waals surface area contributed by atoms with Gasteiger partial charge in [-0.25, -0.2) is 14.1 Å². The van der Waals surface area contributed by atoms with Crippen LogP contribution in [0.3, 0.4) is 0 Å². The van der Waals surface area contributed by atoms with Crippen LogP contribution in [0.25, 0.3) is 11.2 Å². The maximum absolute atomic E-state index is 11.8. The number of phosphoric ester groups is 1. The summed E-state index contributed by atoms with van der Waals surface area (Å²) < 4.78 is 37.0. The molecule has 0 saturated carbocycles. The molecule has 5 atom stereocenters. The zero-order chi connectivity index (χ0) is 20.9. The predicted octanol–water partition coefficient (Wildman–Crippen LogP) is -2.49.